The Balaban J connectivity index is 1.64. The van der Waals surface area contributed by atoms with Gasteiger partial charge in [-0.3, -0.25) is 0 Å². The van der Waals surface area contributed by atoms with Crippen LogP contribution in [0.25, 0.3) is 17.0 Å². The van der Waals surface area contributed by atoms with E-state index in [1.807, 2.05) is 19.1 Å². The minimum atomic E-state index is -0.835. The molecule has 0 atom stereocenters. The number of rotatable bonds is 10. The van der Waals surface area contributed by atoms with Crippen molar-refractivity contribution in [2.24, 2.45) is 0 Å². The second-order valence-electron chi connectivity index (χ2n) is 8.08. The molecule has 0 saturated carbocycles. The highest BCUT2D eigenvalue weighted by molar-refractivity contribution is 5.67. The van der Waals surface area contributed by atoms with Gasteiger partial charge in [-0.25, -0.2) is 27.5 Å². The van der Waals surface area contributed by atoms with Gasteiger partial charge in [0.1, 0.15) is 23.3 Å². The van der Waals surface area contributed by atoms with Gasteiger partial charge in [-0.05, 0) is 55.9 Å². The number of hydrogen-bond acceptors (Lipinski definition) is 2. The van der Waals surface area contributed by atoms with Gasteiger partial charge in [-0.1, -0.05) is 43.3 Å². The van der Waals surface area contributed by atoms with Crippen molar-refractivity contribution in [2.45, 2.75) is 52.4 Å². The highest BCUT2D eigenvalue weighted by atomic mass is 19.2. The van der Waals surface area contributed by atoms with Crippen LogP contribution in [-0.2, 0) is 19.3 Å². The number of aromatic nitrogens is 2. The molecule has 0 fully saturated rings. The summed E-state index contributed by atoms with van der Waals surface area (Å²) in [5, 5.41) is 0. The highest BCUT2D eigenvalue weighted by Gasteiger charge is 2.12. The SMILES string of the molecule is C/C=C/CCc1c(F)cc(CCc2ncc(-c3ccc(/C(F)=C(\F)CCC)cc3)cn2)cc1F. The van der Waals surface area contributed by atoms with E-state index in [-0.39, 0.29) is 17.5 Å². The molecule has 1 aromatic heterocycles. The van der Waals surface area contributed by atoms with Crippen LogP contribution >= 0.6 is 0 Å². The fourth-order valence-electron chi connectivity index (χ4n) is 3.62. The molecule has 0 bridgehead atoms. The lowest BCUT2D eigenvalue weighted by Gasteiger charge is -2.08. The largest absolute Gasteiger partial charge is 0.241 e. The third-order valence-electron chi connectivity index (χ3n) is 5.52. The van der Waals surface area contributed by atoms with Crippen molar-refractivity contribution in [1.82, 2.24) is 9.97 Å². The number of hydrogen-bond donors (Lipinski definition) is 0. The van der Waals surface area contributed by atoms with E-state index in [0.29, 0.717) is 43.5 Å². The van der Waals surface area contributed by atoms with E-state index < -0.39 is 23.3 Å². The zero-order valence-corrected chi connectivity index (χ0v) is 19.4. The number of benzene rings is 2. The summed E-state index contributed by atoms with van der Waals surface area (Å²) in [4.78, 5) is 8.69. The lowest BCUT2D eigenvalue weighted by molar-refractivity contribution is 0.551. The van der Waals surface area contributed by atoms with E-state index in [1.54, 1.807) is 31.5 Å². The van der Waals surface area contributed by atoms with Gasteiger partial charge in [-0.2, -0.15) is 0 Å². The fourth-order valence-corrected chi connectivity index (χ4v) is 3.62. The summed E-state index contributed by atoms with van der Waals surface area (Å²) in [7, 11) is 0. The van der Waals surface area contributed by atoms with Crippen molar-refractivity contribution < 1.29 is 17.6 Å². The van der Waals surface area contributed by atoms with Crippen molar-refractivity contribution in [2.75, 3.05) is 0 Å². The summed E-state index contributed by atoms with van der Waals surface area (Å²) >= 11 is 0. The molecular formula is C28H28F4N2. The summed E-state index contributed by atoms with van der Waals surface area (Å²) < 4.78 is 56.5. The first-order chi connectivity index (χ1) is 16.4. The minimum Gasteiger partial charge on any atom is -0.241 e. The number of aryl methyl sites for hydroxylation is 2. The average Bonchev–Trinajstić information content (AvgIpc) is 2.84. The molecule has 2 nitrogen and oxygen atoms in total. The normalized spacial score (nSPS) is 12.3. The van der Waals surface area contributed by atoms with E-state index in [2.05, 4.69) is 9.97 Å². The van der Waals surface area contributed by atoms with Crippen LogP contribution in [0.15, 0.2) is 66.8 Å². The molecule has 2 aromatic carbocycles. The van der Waals surface area contributed by atoms with Crippen LogP contribution in [-0.4, -0.2) is 9.97 Å². The summed E-state index contributed by atoms with van der Waals surface area (Å²) in [6, 6.07) is 9.19. The third-order valence-corrected chi connectivity index (χ3v) is 5.52. The molecule has 0 N–H and O–H groups in total. The maximum atomic E-state index is 14.3. The fraction of sp³-hybridized carbons (Fsp3) is 0.286. The van der Waals surface area contributed by atoms with Gasteiger partial charge in [0.25, 0.3) is 0 Å². The van der Waals surface area contributed by atoms with Crippen LogP contribution in [0.2, 0.25) is 0 Å². The molecule has 0 saturated heterocycles. The molecule has 6 heteroatoms. The van der Waals surface area contributed by atoms with Gasteiger partial charge in [0.2, 0.25) is 0 Å². The molecule has 0 unspecified atom stereocenters. The molecule has 0 aliphatic heterocycles. The monoisotopic (exact) mass is 468 g/mol. The number of nitrogens with zero attached hydrogens (tertiary/aromatic N) is 2. The Morgan fingerprint density at radius 2 is 1.53 bits per heavy atom. The zero-order valence-electron chi connectivity index (χ0n) is 19.4. The molecule has 0 spiro atoms. The Labute approximate surface area is 198 Å². The molecule has 0 aliphatic carbocycles. The molecule has 34 heavy (non-hydrogen) atoms. The molecule has 178 valence electrons. The van der Waals surface area contributed by atoms with Crippen LogP contribution in [0.5, 0.6) is 0 Å². The molecular weight excluding hydrogens is 440 g/mol. The zero-order chi connectivity index (χ0) is 24.5. The molecule has 0 amide bonds. The Morgan fingerprint density at radius 1 is 0.882 bits per heavy atom. The smallest absolute Gasteiger partial charge is 0.161 e. The predicted molar refractivity (Wildman–Crippen MR) is 128 cm³/mol. The van der Waals surface area contributed by atoms with Crippen molar-refractivity contribution in [3.63, 3.8) is 0 Å². The van der Waals surface area contributed by atoms with Crippen molar-refractivity contribution in [3.8, 4) is 11.1 Å². The second-order valence-corrected chi connectivity index (χ2v) is 8.08. The van der Waals surface area contributed by atoms with E-state index in [1.165, 1.54) is 24.3 Å². The summed E-state index contributed by atoms with van der Waals surface area (Å²) in [6.07, 6.45) is 9.39. The number of halogens is 4. The first-order valence-corrected chi connectivity index (χ1v) is 11.5. The topological polar surface area (TPSA) is 25.8 Å². The van der Waals surface area contributed by atoms with Crippen LogP contribution in [0.4, 0.5) is 17.6 Å². The summed E-state index contributed by atoms with van der Waals surface area (Å²) in [5.41, 5.74) is 2.36. The first kappa shape index (κ1) is 25.3. The lowest BCUT2D eigenvalue weighted by atomic mass is 10.0. The van der Waals surface area contributed by atoms with Gasteiger partial charge in [0.15, 0.2) is 5.83 Å². The van der Waals surface area contributed by atoms with Gasteiger partial charge < -0.3 is 0 Å². The molecule has 1 heterocycles. The highest BCUT2D eigenvalue weighted by Crippen LogP contribution is 2.27. The van der Waals surface area contributed by atoms with E-state index in [9.17, 15) is 17.6 Å². The number of allylic oxidation sites excluding steroid dienone is 3. The minimum absolute atomic E-state index is 0.0723. The van der Waals surface area contributed by atoms with Crippen LogP contribution in [0.1, 0.15) is 55.6 Å². The molecule has 3 aromatic rings. The second kappa shape index (κ2) is 12.3. The Hall–Kier alpha value is -3.28. The van der Waals surface area contributed by atoms with Gasteiger partial charge in [0.05, 0.1) is 0 Å². The predicted octanol–water partition coefficient (Wildman–Crippen LogP) is 8.12. The Kier molecular flexibility index (Phi) is 9.14. The summed E-state index contributed by atoms with van der Waals surface area (Å²) in [6.45, 7) is 3.66. The Morgan fingerprint density at radius 3 is 2.12 bits per heavy atom. The molecule has 0 aliphatic rings. The molecule has 0 radical (unpaired) electrons. The summed E-state index contributed by atoms with van der Waals surface area (Å²) in [5.74, 6) is -2.08. The molecule has 3 rings (SSSR count). The van der Waals surface area contributed by atoms with Gasteiger partial charge in [-0.15, -0.1) is 0 Å². The lowest BCUT2D eigenvalue weighted by Crippen LogP contribution is -2.02. The Bertz CT molecular complexity index is 1130. The van der Waals surface area contributed by atoms with Gasteiger partial charge >= 0.3 is 0 Å². The maximum Gasteiger partial charge on any atom is 0.161 e. The van der Waals surface area contributed by atoms with E-state index in [4.69, 9.17) is 0 Å². The van der Waals surface area contributed by atoms with Crippen molar-refractivity contribution >= 4 is 5.83 Å². The first-order valence-electron chi connectivity index (χ1n) is 11.5. The van der Waals surface area contributed by atoms with E-state index in [0.717, 1.165) is 11.1 Å². The van der Waals surface area contributed by atoms with Crippen LogP contribution < -0.4 is 0 Å². The van der Waals surface area contributed by atoms with Crippen molar-refractivity contribution in [3.05, 3.63) is 101 Å². The third kappa shape index (κ3) is 6.62. The van der Waals surface area contributed by atoms with Crippen molar-refractivity contribution in [1.29, 1.82) is 0 Å². The van der Waals surface area contributed by atoms with Crippen LogP contribution in [0, 0.1) is 11.6 Å². The quantitative estimate of drug-likeness (QED) is 0.222. The standard InChI is InChI=1S/C28H28F4N2/c1-3-5-6-8-23-25(30)15-19(16-26(23)31)9-14-27-33-17-22(18-34-27)20-10-12-21(13-11-20)28(32)24(29)7-4-2/h3,5,10-13,15-18H,4,6-9,14H2,1-2H3/b5-3+,28-24+. The van der Waals surface area contributed by atoms with E-state index >= 15 is 0 Å². The van der Waals surface area contributed by atoms with Gasteiger partial charge in [0, 0.05) is 41.9 Å². The average molecular weight is 469 g/mol. The maximum absolute atomic E-state index is 14.3. The van der Waals surface area contributed by atoms with Crippen LogP contribution in [0.3, 0.4) is 0 Å².